The summed E-state index contributed by atoms with van der Waals surface area (Å²) in [4.78, 5) is 11.7. The second kappa shape index (κ2) is 4.94. The van der Waals surface area contributed by atoms with Crippen molar-refractivity contribution in [3.05, 3.63) is 40.0 Å². The number of hydrogen-bond acceptors (Lipinski definition) is 2. The maximum Gasteiger partial charge on any atom is 0.139 e. The predicted molar refractivity (Wildman–Crippen MR) is 76.2 cm³/mol. The van der Waals surface area contributed by atoms with Crippen LogP contribution in [0, 0.1) is 5.41 Å². The zero-order valence-corrected chi connectivity index (χ0v) is 11.9. The Balaban J connectivity index is 2.20. The average Bonchev–Trinajstić information content (AvgIpc) is 2.20. The molecule has 1 aliphatic rings. The first-order valence-corrected chi connectivity index (χ1v) is 6.57. The first-order valence-electron chi connectivity index (χ1n) is 5.81. The Morgan fingerprint density at radius 3 is 2.56 bits per heavy atom. The molecular formula is C14H15Cl2NO. The van der Waals surface area contributed by atoms with Crippen molar-refractivity contribution in [3.8, 4) is 0 Å². The van der Waals surface area contributed by atoms with Gasteiger partial charge in [0, 0.05) is 24.2 Å². The number of carbonyl (C=O) groups excluding carboxylic acids is 1. The molecule has 2 rings (SSSR count). The topological polar surface area (TPSA) is 29.1 Å². The lowest BCUT2D eigenvalue weighted by Gasteiger charge is -2.27. The van der Waals surface area contributed by atoms with Crippen LogP contribution in [0.15, 0.2) is 30.0 Å². The largest absolute Gasteiger partial charge is 0.359 e. The Kier molecular flexibility index (Phi) is 3.69. The second-order valence-electron chi connectivity index (χ2n) is 5.30. The number of ketones is 1. The summed E-state index contributed by atoms with van der Waals surface area (Å²) < 4.78 is 0. The van der Waals surface area contributed by atoms with Gasteiger partial charge >= 0.3 is 0 Å². The van der Waals surface area contributed by atoms with Gasteiger partial charge in [-0.05, 0) is 23.6 Å². The van der Waals surface area contributed by atoms with Gasteiger partial charge in [-0.2, -0.15) is 0 Å². The van der Waals surface area contributed by atoms with Crippen molar-refractivity contribution in [2.45, 2.75) is 26.7 Å². The highest BCUT2D eigenvalue weighted by Gasteiger charge is 2.26. The number of Topliss-reactive ketones (excluding diaryl/α,β-unsaturated/α-hetero) is 1. The van der Waals surface area contributed by atoms with E-state index < -0.39 is 0 Å². The lowest BCUT2D eigenvalue weighted by molar-refractivity contribution is -0.120. The first kappa shape index (κ1) is 13.4. The maximum absolute atomic E-state index is 11.7. The Morgan fingerprint density at radius 1 is 1.22 bits per heavy atom. The van der Waals surface area contributed by atoms with E-state index in [1.807, 2.05) is 6.07 Å². The third-order valence-corrected chi connectivity index (χ3v) is 3.57. The van der Waals surface area contributed by atoms with Crippen molar-refractivity contribution in [1.82, 2.24) is 0 Å². The number of rotatable bonds is 2. The molecule has 0 unspecified atom stereocenters. The molecule has 0 atom stereocenters. The van der Waals surface area contributed by atoms with E-state index in [4.69, 9.17) is 23.2 Å². The van der Waals surface area contributed by atoms with Crippen molar-refractivity contribution in [2.24, 2.45) is 5.41 Å². The number of hydrogen-bond donors (Lipinski definition) is 1. The maximum atomic E-state index is 11.7. The Bertz CT molecular complexity index is 521. The van der Waals surface area contributed by atoms with Crippen LogP contribution >= 0.6 is 23.2 Å². The molecule has 1 N–H and O–H groups in total. The molecule has 0 saturated carbocycles. The van der Waals surface area contributed by atoms with Crippen LogP contribution in [0.2, 0.25) is 10.0 Å². The number of benzene rings is 1. The fourth-order valence-corrected chi connectivity index (χ4v) is 2.49. The minimum absolute atomic E-state index is 0.0894. The van der Waals surface area contributed by atoms with Crippen LogP contribution in [0.25, 0.3) is 0 Å². The molecule has 4 heteroatoms. The first-order chi connectivity index (χ1) is 8.35. The summed E-state index contributed by atoms with van der Waals surface area (Å²) in [5.41, 5.74) is 1.68. The molecule has 96 valence electrons. The van der Waals surface area contributed by atoms with Crippen molar-refractivity contribution in [1.29, 1.82) is 0 Å². The van der Waals surface area contributed by atoms with Crippen LogP contribution in [0.4, 0.5) is 5.69 Å². The molecule has 2 nitrogen and oxygen atoms in total. The molecule has 1 aromatic carbocycles. The zero-order chi connectivity index (χ0) is 13.3. The normalized spacial score (nSPS) is 18.4. The number of anilines is 1. The second-order valence-corrected chi connectivity index (χ2v) is 6.12. The van der Waals surface area contributed by atoms with E-state index in [9.17, 15) is 4.79 Å². The predicted octanol–water partition coefficient (Wildman–Crippen LogP) is 4.68. The van der Waals surface area contributed by atoms with Crippen LogP contribution in [0.3, 0.4) is 0 Å². The van der Waals surface area contributed by atoms with Crippen molar-refractivity contribution in [2.75, 3.05) is 5.32 Å². The summed E-state index contributed by atoms with van der Waals surface area (Å²) in [5.74, 6) is 0.255. The monoisotopic (exact) mass is 283 g/mol. The van der Waals surface area contributed by atoms with E-state index in [1.54, 1.807) is 12.1 Å². The summed E-state index contributed by atoms with van der Waals surface area (Å²) in [6, 6.07) is 5.35. The summed E-state index contributed by atoms with van der Waals surface area (Å²) in [6.45, 7) is 4.11. The molecule has 0 amide bonds. The highest BCUT2D eigenvalue weighted by Crippen LogP contribution is 2.32. The Labute approximate surface area is 117 Å². The van der Waals surface area contributed by atoms with Gasteiger partial charge in [0.2, 0.25) is 0 Å². The molecule has 0 bridgehead atoms. The van der Waals surface area contributed by atoms with Crippen LogP contribution in [0.1, 0.15) is 26.7 Å². The SMILES string of the molecule is CC1(C)C=C(Nc2ccc(Cl)c(Cl)c2)CC(=O)C1. The molecule has 0 saturated heterocycles. The van der Waals surface area contributed by atoms with Gasteiger partial charge in [-0.15, -0.1) is 0 Å². The summed E-state index contributed by atoms with van der Waals surface area (Å²) in [5, 5.41) is 4.26. The quantitative estimate of drug-likeness (QED) is 0.854. The lowest BCUT2D eigenvalue weighted by Crippen LogP contribution is -2.23. The third kappa shape index (κ3) is 3.27. The molecule has 1 aromatic rings. The summed E-state index contributed by atoms with van der Waals surface area (Å²) in [6.07, 6.45) is 3.15. The summed E-state index contributed by atoms with van der Waals surface area (Å²) in [7, 11) is 0. The van der Waals surface area contributed by atoms with Gasteiger partial charge in [0.1, 0.15) is 5.78 Å². The van der Waals surface area contributed by atoms with Gasteiger partial charge in [0.05, 0.1) is 10.0 Å². The van der Waals surface area contributed by atoms with Crippen molar-refractivity contribution < 1.29 is 4.79 Å². The fraction of sp³-hybridized carbons (Fsp3) is 0.357. The fourth-order valence-electron chi connectivity index (χ4n) is 2.20. The highest BCUT2D eigenvalue weighted by molar-refractivity contribution is 6.42. The molecule has 0 heterocycles. The van der Waals surface area contributed by atoms with Gasteiger partial charge in [-0.25, -0.2) is 0 Å². The van der Waals surface area contributed by atoms with Gasteiger partial charge in [0.15, 0.2) is 0 Å². The molecule has 0 radical (unpaired) electrons. The number of halogens is 2. The van der Waals surface area contributed by atoms with Crippen molar-refractivity contribution in [3.63, 3.8) is 0 Å². The van der Waals surface area contributed by atoms with Gasteiger partial charge in [-0.3, -0.25) is 4.79 Å². The molecule has 0 aromatic heterocycles. The zero-order valence-electron chi connectivity index (χ0n) is 10.4. The van der Waals surface area contributed by atoms with E-state index in [1.165, 1.54) is 0 Å². The molecule has 0 spiro atoms. The van der Waals surface area contributed by atoms with E-state index in [2.05, 4.69) is 25.2 Å². The molecule has 0 aliphatic heterocycles. The molecule has 18 heavy (non-hydrogen) atoms. The molecule has 0 fully saturated rings. The lowest BCUT2D eigenvalue weighted by atomic mass is 9.81. The molecular weight excluding hydrogens is 269 g/mol. The minimum Gasteiger partial charge on any atom is -0.359 e. The van der Waals surface area contributed by atoms with Gasteiger partial charge in [0.25, 0.3) is 0 Å². The smallest absolute Gasteiger partial charge is 0.139 e. The van der Waals surface area contributed by atoms with Crippen LogP contribution in [-0.4, -0.2) is 5.78 Å². The summed E-state index contributed by atoms with van der Waals surface area (Å²) >= 11 is 11.8. The van der Waals surface area contributed by atoms with E-state index in [0.717, 1.165) is 11.4 Å². The highest BCUT2D eigenvalue weighted by atomic mass is 35.5. The Morgan fingerprint density at radius 2 is 1.94 bits per heavy atom. The standard InChI is InChI=1S/C14H15Cl2NO/c1-14(2)7-10(5-11(18)8-14)17-9-3-4-12(15)13(16)6-9/h3-4,6-7,17H,5,8H2,1-2H3. The van der Waals surface area contributed by atoms with Crippen molar-refractivity contribution >= 4 is 34.7 Å². The Hall–Kier alpha value is -0.990. The average molecular weight is 284 g/mol. The number of allylic oxidation sites excluding steroid dienone is 2. The molecule has 1 aliphatic carbocycles. The van der Waals surface area contributed by atoms with Crippen LogP contribution < -0.4 is 5.32 Å². The van der Waals surface area contributed by atoms with Crippen LogP contribution in [0.5, 0.6) is 0 Å². The van der Waals surface area contributed by atoms with Gasteiger partial charge < -0.3 is 5.32 Å². The van der Waals surface area contributed by atoms with Gasteiger partial charge in [-0.1, -0.05) is 43.1 Å². The van der Waals surface area contributed by atoms with E-state index >= 15 is 0 Å². The van der Waals surface area contributed by atoms with E-state index in [-0.39, 0.29) is 11.2 Å². The number of carbonyl (C=O) groups is 1. The number of nitrogens with one attached hydrogen (secondary N) is 1. The van der Waals surface area contributed by atoms with Crippen LogP contribution in [-0.2, 0) is 4.79 Å². The third-order valence-electron chi connectivity index (χ3n) is 2.83. The minimum atomic E-state index is -0.0894. The van der Waals surface area contributed by atoms with E-state index in [0.29, 0.717) is 22.9 Å².